The molecule has 2 saturated heterocycles. The molecule has 8 nitrogen and oxygen atoms in total. The fourth-order valence-corrected chi connectivity index (χ4v) is 6.60. The van der Waals surface area contributed by atoms with Crippen LogP contribution in [0.1, 0.15) is 12.0 Å². The van der Waals surface area contributed by atoms with Crippen molar-refractivity contribution in [1.82, 2.24) is 19.6 Å². The first kappa shape index (κ1) is 23.7. The molecular weight excluding hydrogens is 462 g/mol. The van der Waals surface area contributed by atoms with E-state index in [2.05, 4.69) is 27.2 Å². The number of rotatable bonds is 6. The average molecular weight is 494 g/mol. The zero-order valence-corrected chi connectivity index (χ0v) is 20.7. The van der Waals surface area contributed by atoms with Crippen LogP contribution in [-0.4, -0.2) is 84.2 Å². The van der Waals surface area contributed by atoms with Crippen molar-refractivity contribution in [3.8, 4) is 16.9 Å². The number of hydrogen-bond donors (Lipinski definition) is 1. The number of aromatic nitrogens is 2. The topological polar surface area (TPSA) is 87.5 Å². The molecule has 9 heteroatoms. The number of nitrogens with zero attached hydrogens (tertiary/aromatic N) is 4. The molecule has 0 saturated carbocycles. The minimum absolute atomic E-state index is 0.0885. The highest BCUT2D eigenvalue weighted by Crippen LogP contribution is 2.25. The van der Waals surface area contributed by atoms with Crippen LogP contribution in [0.15, 0.2) is 60.7 Å². The maximum Gasteiger partial charge on any atom is 0.239 e. The predicted molar refractivity (Wildman–Crippen MR) is 137 cm³/mol. The number of carbonyl (C=O) groups is 1. The van der Waals surface area contributed by atoms with Crippen LogP contribution in [0.25, 0.3) is 16.9 Å². The van der Waals surface area contributed by atoms with E-state index in [1.807, 2.05) is 55.5 Å². The minimum Gasteiger partial charge on any atom is -0.309 e. The van der Waals surface area contributed by atoms with E-state index in [-0.39, 0.29) is 24.2 Å². The third kappa shape index (κ3) is 5.63. The van der Waals surface area contributed by atoms with Gasteiger partial charge in [0.25, 0.3) is 0 Å². The Morgan fingerprint density at radius 3 is 2.40 bits per heavy atom. The summed E-state index contributed by atoms with van der Waals surface area (Å²) in [6.07, 6.45) is 0.718. The molecule has 2 fully saturated rings. The highest BCUT2D eigenvalue weighted by molar-refractivity contribution is 7.91. The predicted octanol–water partition coefficient (Wildman–Crippen LogP) is 2.59. The Labute approximate surface area is 206 Å². The van der Waals surface area contributed by atoms with E-state index in [1.54, 1.807) is 4.68 Å². The van der Waals surface area contributed by atoms with Gasteiger partial charge in [-0.05, 0) is 25.5 Å². The summed E-state index contributed by atoms with van der Waals surface area (Å²) in [6.45, 7) is 5.40. The molecule has 184 valence electrons. The van der Waals surface area contributed by atoms with Crippen molar-refractivity contribution in [1.29, 1.82) is 0 Å². The lowest BCUT2D eigenvalue weighted by molar-refractivity contribution is -0.117. The van der Waals surface area contributed by atoms with Crippen LogP contribution in [-0.2, 0) is 14.6 Å². The molecule has 5 rings (SSSR count). The summed E-state index contributed by atoms with van der Waals surface area (Å²) < 4.78 is 25.4. The SMILES string of the molecule is Cc1ccc(-c2cc(NC(=O)CN3CCN([C@@H]4CCS(=O)(=O)C4)CC3)n(-c3ccccc3)n2)cc1. The van der Waals surface area contributed by atoms with Crippen molar-refractivity contribution >= 4 is 21.6 Å². The number of nitrogens with one attached hydrogen (secondary N) is 1. The number of para-hydroxylation sites is 1. The van der Waals surface area contributed by atoms with Gasteiger partial charge in [-0.1, -0.05) is 48.0 Å². The molecule has 3 heterocycles. The number of carbonyl (C=O) groups excluding carboxylic acids is 1. The van der Waals surface area contributed by atoms with E-state index < -0.39 is 9.84 Å². The van der Waals surface area contributed by atoms with E-state index in [4.69, 9.17) is 5.10 Å². The maximum absolute atomic E-state index is 13.0. The Hall–Kier alpha value is -3.01. The standard InChI is InChI=1S/C26H31N5O3S/c1-20-7-9-21(10-8-20)24-17-25(31(28-24)22-5-3-2-4-6-22)27-26(32)18-29-12-14-30(15-13-29)23-11-16-35(33,34)19-23/h2-10,17,23H,11-16,18-19H2,1H3,(H,27,32)/t23-/m1/s1. The molecule has 0 bridgehead atoms. The molecule has 2 aliphatic heterocycles. The summed E-state index contributed by atoms with van der Waals surface area (Å²) in [7, 11) is -2.89. The number of amides is 1. The number of hydrogen-bond acceptors (Lipinski definition) is 6. The van der Waals surface area contributed by atoms with E-state index >= 15 is 0 Å². The molecule has 0 spiro atoms. The van der Waals surface area contributed by atoms with Crippen LogP contribution in [0.4, 0.5) is 5.82 Å². The number of aryl methyl sites for hydroxylation is 1. The Bertz CT molecular complexity index is 1280. The van der Waals surface area contributed by atoms with Crippen LogP contribution in [0, 0.1) is 6.92 Å². The van der Waals surface area contributed by atoms with Gasteiger partial charge in [-0.3, -0.25) is 14.6 Å². The van der Waals surface area contributed by atoms with Crippen LogP contribution >= 0.6 is 0 Å². The van der Waals surface area contributed by atoms with Gasteiger partial charge in [0.15, 0.2) is 9.84 Å². The van der Waals surface area contributed by atoms with Gasteiger partial charge in [-0.2, -0.15) is 5.10 Å². The maximum atomic E-state index is 13.0. The molecule has 0 unspecified atom stereocenters. The number of anilines is 1. The zero-order chi connectivity index (χ0) is 24.4. The lowest BCUT2D eigenvalue weighted by Crippen LogP contribution is -2.52. The lowest BCUT2D eigenvalue weighted by atomic mass is 10.1. The molecule has 35 heavy (non-hydrogen) atoms. The second-order valence-corrected chi connectivity index (χ2v) is 11.7. The Balaban J connectivity index is 1.25. The fourth-order valence-electron chi connectivity index (χ4n) is 4.84. The molecule has 1 amide bonds. The zero-order valence-electron chi connectivity index (χ0n) is 19.9. The average Bonchev–Trinajstić information content (AvgIpc) is 3.43. The Morgan fingerprint density at radius 2 is 1.74 bits per heavy atom. The normalized spacial score (nSPS) is 20.7. The van der Waals surface area contributed by atoms with Crippen molar-refractivity contribution < 1.29 is 13.2 Å². The fraction of sp³-hybridized carbons (Fsp3) is 0.385. The van der Waals surface area contributed by atoms with Crippen LogP contribution in [0.3, 0.4) is 0 Å². The summed E-state index contributed by atoms with van der Waals surface area (Å²) in [5, 5.41) is 7.84. The van der Waals surface area contributed by atoms with Crippen molar-refractivity contribution in [2.75, 3.05) is 49.5 Å². The lowest BCUT2D eigenvalue weighted by Gasteiger charge is -2.37. The molecule has 0 aliphatic carbocycles. The monoisotopic (exact) mass is 493 g/mol. The van der Waals surface area contributed by atoms with Gasteiger partial charge < -0.3 is 5.32 Å². The molecule has 3 aromatic rings. The molecule has 0 radical (unpaired) electrons. The van der Waals surface area contributed by atoms with E-state index in [9.17, 15) is 13.2 Å². The Kier molecular flexibility index (Phi) is 6.73. The first-order chi connectivity index (χ1) is 16.9. The quantitative estimate of drug-likeness (QED) is 0.568. The van der Waals surface area contributed by atoms with Crippen molar-refractivity contribution in [3.63, 3.8) is 0 Å². The molecule has 1 N–H and O–H groups in total. The van der Waals surface area contributed by atoms with Crippen molar-refractivity contribution in [2.24, 2.45) is 0 Å². The van der Waals surface area contributed by atoms with E-state index in [0.717, 1.165) is 49.5 Å². The van der Waals surface area contributed by atoms with Crippen LogP contribution < -0.4 is 5.32 Å². The molecule has 2 aromatic carbocycles. The van der Waals surface area contributed by atoms with Gasteiger partial charge in [0.05, 0.1) is 29.4 Å². The van der Waals surface area contributed by atoms with Crippen molar-refractivity contribution in [3.05, 3.63) is 66.2 Å². The molecule has 2 aliphatic rings. The molecular formula is C26H31N5O3S. The molecule has 1 aromatic heterocycles. The van der Waals surface area contributed by atoms with Gasteiger partial charge in [-0.25, -0.2) is 13.1 Å². The van der Waals surface area contributed by atoms with E-state index in [1.165, 1.54) is 5.56 Å². The van der Waals surface area contributed by atoms with Gasteiger partial charge in [0.1, 0.15) is 5.82 Å². The first-order valence-corrected chi connectivity index (χ1v) is 13.9. The van der Waals surface area contributed by atoms with Gasteiger partial charge in [0, 0.05) is 43.9 Å². The third-order valence-corrected chi connectivity index (χ3v) is 8.57. The van der Waals surface area contributed by atoms with E-state index in [0.29, 0.717) is 11.6 Å². The second-order valence-electron chi connectivity index (χ2n) is 9.45. The molecule has 1 atom stereocenters. The largest absolute Gasteiger partial charge is 0.309 e. The highest BCUT2D eigenvalue weighted by Gasteiger charge is 2.33. The van der Waals surface area contributed by atoms with Crippen LogP contribution in [0.2, 0.25) is 0 Å². The summed E-state index contributed by atoms with van der Waals surface area (Å²) >= 11 is 0. The number of piperazine rings is 1. The second kappa shape index (κ2) is 9.93. The Morgan fingerprint density at radius 1 is 1.03 bits per heavy atom. The summed E-state index contributed by atoms with van der Waals surface area (Å²) in [4.78, 5) is 17.4. The smallest absolute Gasteiger partial charge is 0.239 e. The third-order valence-electron chi connectivity index (χ3n) is 6.82. The number of sulfone groups is 1. The first-order valence-electron chi connectivity index (χ1n) is 12.1. The van der Waals surface area contributed by atoms with Crippen LogP contribution in [0.5, 0.6) is 0 Å². The van der Waals surface area contributed by atoms with Gasteiger partial charge in [0.2, 0.25) is 5.91 Å². The van der Waals surface area contributed by atoms with Crippen molar-refractivity contribution in [2.45, 2.75) is 19.4 Å². The summed E-state index contributed by atoms with van der Waals surface area (Å²) in [6, 6.07) is 20.0. The van der Waals surface area contributed by atoms with Gasteiger partial charge in [-0.15, -0.1) is 0 Å². The summed E-state index contributed by atoms with van der Waals surface area (Å²) in [5.74, 6) is 1.10. The minimum atomic E-state index is -2.89. The number of benzene rings is 2. The summed E-state index contributed by atoms with van der Waals surface area (Å²) in [5.41, 5.74) is 3.84. The van der Waals surface area contributed by atoms with Gasteiger partial charge >= 0.3 is 0 Å². The highest BCUT2D eigenvalue weighted by atomic mass is 32.2.